The lowest BCUT2D eigenvalue weighted by atomic mass is 10.3. The fourth-order valence-corrected chi connectivity index (χ4v) is 1.59. The molecule has 0 aromatic carbocycles. The molecule has 1 saturated heterocycles. The standard InChI is InChI=1S/C15H20O10/c1-6-11(16)22-8(3)13(18)24-10(5)15(20)25-9(4)14(19)23-7(2)12(17)21-6/h6-10H,1-5H3. The van der Waals surface area contributed by atoms with Gasteiger partial charge in [-0.3, -0.25) is 0 Å². The van der Waals surface area contributed by atoms with Crippen molar-refractivity contribution in [2.24, 2.45) is 0 Å². The van der Waals surface area contributed by atoms with Crippen molar-refractivity contribution < 1.29 is 47.7 Å². The molecular weight excluding hydrogens is 340 g/mol. The van der Waals surface area contributed by atoms with Gasteiger partial charge in [0.05, 0.1) is 0 Å². The molecule has 0 spiro atoms. The van der Waals surface area contributed by atoms with Crippen LogP contribution in [0.15, 0.2) is 0 Å². The summed E-state index contributed by atoms with van der Waals surface area (Å²) < 4.78 is 24.0. The maximum Gasteiger partial charge on any atom is 0.347 e. The number of carbonyl (C=O) groups is 5. The van der Waals surface area contributed by atoms with Gasteiger partial charge in [-0.25, -0.2) is 24.0 Å². The van der Waals surface area contributed by atoms with Gasteiger partial charge in [0, 0.05) is 0 Å². The summed E-state index contributed by atoms with van der Waals surface area (Å²) in [5.74, 6) is -5.02. The number of carbonyl (C=O) groups excluding carboxylic acids is 5. The van der Waals surface area contributed by atoms with Gasteiger partial charge < -0.3 is 23.7 Å². The van der Waals surface area contributed by atoms with Gasteiger partial charge in [-0.05, 0) is 34.6 Å². The summed E-state index contributed by atoms with van der Waals surface area (Å²) in [6, 6.07) is 0. The summed E-state index contributed by atoms with van der Waals surface area (Å²) in [5, 5.41) is 0. The Bertz CT molecular complexity index is 453. The molecule has 10 nitrogen and oxygen atoms in total. The van der Waals surface area contributed by atoms with Gasteiger partial charge >= 0.3 is 29.8 Å². The molecule has 25 heavy (non-hydrogen) atoms. The molecule has 5 atom stereocenters. The number of hydrogen-bond acceptors (Lipinski definition) is 10. The Morgan fingerprint density at radius 2 is 0.520 bits per heavy atom. The van der Waals surface area contributed by atoms with Gasteiger partial charge in [-0.1, -0.05) is 0 Å². The molecule has 1 fully saturated rings. The van der Waals surface area contributed by atoms with Crippen molar-refractivity contribution in [3.63, 3.8) is 0 Å². The number of hydrogen-bond donors (Lipinski definition) is 0. The first-order chi connectivity index (χ1) is 11.5. The number of rotatable bonds is 0. The number of esters is 5. The van der Waals surface area contributed by atoms with Crippen LogP contribution in [0.5, 0.6) is 0 Å². The second-order valence-corrected chi connectivity index (χ2v) is 5.40. The molecule has 0 N–H and O–H groups in total. The Kier molecular flexibility index (Phi) is 6.89. The largest absolute Gasteiger partial charge is 0.448 e. The Morgan fingerprint density at radius 1 is 0.400 bits per heavy atom. The zero-order valence-electron chi connectivity index (χ0n) is 14.5. The van der Waals surface area contributed by atoms with Crippen LogP contribution >= 0.6 is 0 Å². The third kappa shape index (κ3) is 5.73. The zero-order chi connectivity index (χ0) is 19.3. The number of cyclic esters (lactones) is 5. The third-order valence-corrected chi connectivity index (χ3v) is 3.12. The summed E-state index contributed by atoms with van der Waals surface area (Å²) in [6.45, 7) is 6.13. The van der Waals surface area contributed by atoms with Crippen molar-refractivity contribution in [2.45, 2.75) is 65.1 Å². The molecule has 0 aromatic rings. The van der Waals surface area contributed by atoms with E-state index in [0.717, 1.165) is 0 Å². The average molecular weight is 360 g/mol. The molecule has 0 amide bonds. The Labute approximate surface area is 143 Å². The van der Waals surface area contributed by atoms with E-state index in [-0.39, 0.29) is 0 Å². The minimum absolute atomic E-state index is 1.00. The van der Waals surface area contributed by atoms with Crippen molar-refractivity contribution in [3.8, 4) is 0 Å². The topological polar surface area (TPSA) is 132 Å². The lowest BCUT2D eigenvalue weighted by Gasteiger charge is -2.18. The molecule has 1 aliphatic heterocycles. The highest BCUT2D eigenvalue weighted by atomic mass is 16.7. The van der Waals surface area contributed by atoms with Gasteiger partial charge in [0.25, 0.3) is 0 Å². The van der Waals surface area contributed by atoms with Gasteiger partial charge in [0.15, 0.2) is 30.5 Å². The van der Waals surface area contributed by atoms with Gasteiger partial charge in [-0.2, -0.15) is 0 Å². The third-order valence-electron chi connectivity index (χ3n) is 3.12. The molecule has 0 aliphatic carbocycles. The zero-order valence-corrected chi connectivity index (χ0v) is 14.5. The van der Waals surface area contributed by atoms with E-state index >= 15 is 0 Å². The summed E-state index contributed by atoms with van der Waals surface area (Å²) in [6.07, 6.45) is -6.73. The Morgan fingerprint density at radius 3 is 0.640 bits per heavy atom. The maximum absolute atomic E-state index is 11.8. The van der Waals surface area contributed by atoms with Crippen LogP contribution in [0.4, 0.5) is 0 Å². The lowest BCUT2D eigenvalue weighted by Crippen LogP contribution is -2.36. The van der Waals surface area contributed by atoms with E-state index in [4.69, 9.17) is 23.7 Å². The summed E-state index contributed by atoms with van der Waals surface area (Å²) in [4.78, 5) is 59.1. The minimum Gasteiger partial charge on any atom is -0.448 e. The van der Waals surface area contributed by atoms with Crippen molar-refractivity contribution in [1.29, 1.82) is 0 Å². The van der Waals surface area contributed by atoms with Crippen molar-refractivity contribution in [2.75, 3.05) is 0 Å². The Balaban J connectivity index is 3.01. The van der Waals surface area contributed by atoms with Gasteiger partial charge in [-0.15, -0.1) is 0 Å². The predicted octanol–water partition coefficient (Wildman–Crippen LogP) is -0.341. The fraction of sp³-hybridized carbons (Fsp3) is 0.667. The van der Waals surface area contributed by atoms with Crippen LogP contribution < -0.4 is 0 Å². The molecule has 140 valence electrons. The average Bonchev–Trinajstić information content (AvgIpc) is 2.53. The highest BCUT2D eigenvalue weighted by molar-refractivity contribution is 5.87. The monoisotopic (exact) mass is 360 g/mol. The first-order valence-electron chi connectivity index (χ1n) is 7.55. The predicted molar refractivity (Wildman–Crippen MR) is 77.8 cm³/mol. The molecule has 10 heteroatoms. The van der Waals surface area contributed by atoms with Crippen LogP contribution in [0, 0.1) is 0 Å². The van der Waals surface area contributed by atoms with Crippen molar-refractivity contribution in [3.05, 3.63) is 0 Å². The molecule has 0 radical (unpaired) electrons. The second kappa shape index (κ2) is 8.45. The normalized spacial score (nSPS) is 33.0. The van der Waals surface area contributed by atoms with Crippen LogP contribution in [0.25, 0.3) is 0 Å². The van der Waals surface area contributed by atoms with E-state index in [0.29, 0.717) is 0 Å². The summed E-state index contributed by atoms with van der Waals surface area (Å²) in [7, 11) is 0. The first kappa shape index (κ1) is 20.4. The van der Waals surface area contributed by atoms with E-state index in [1.54, 1.807) is 0 Å². The van der Waals surface area contributed by atoms with E-state index in [2.05, 4.69) is 0 Å². The molecule has 0 bridgehead atoms. The highest BCUT2D eigenvalue weighted by Gasteiger charge is 2.33. The molecule has 1 aliphatic rings. The SMILES string of the molecule is CC1OC(=O)C(C)OC(=O)C(C)OC(=O)C(C)OC(=O)C(C)OC1=O. The van der Waals surface area contributed by atoms with E-state index in [9.17, 15) is 24.0 Å². The molecule has 1 rings (SSSR count). The molecular formula is C15H20O10. The van der Waals surface area contributed by atoms with Crippen LogP contribution in [-0.4, -0.2) is 60.4 Å². The van der Waals surface area contributed by atoms with Crippen molar-refractivity contribution >= 4 is 29.8 Å². The minimum atomic E-state index is -1.35. The molecule has 1 heterocycles. The van der Waals surface area contributed by atoms with E-state index in [1.807, 2.05) is 0 Å². The van der Waals surface area contributed by atoms with Crippen molar-refractivity contribution in [1.82, 2.24) is 0 Å². The fourth-order valence-electron chi connectivity index (χ4n) is 1.59. The summed E-state index contributed by atoms with van der Waals surface area (Å²) >= 11 is 0. The molecule has 5 unspecified atom stereocenters. The highest BCUT2D eigenvalue weighted by Crippen LogP contribution is 2.09. The van der Waals surface area contributed by atoms with Crippen LogP contribution in [0.3, 0.4) is 0 Å². The van der Waals surface area contributed by atoms with E-state index in [1.165, 1.54) is 34.6 Å². The maximum atomic E-state index is 11.8. The Hall–Kier alpha value is -2.65. The molecule has 0 saturated carbocycles. The quantitative estimate of drug-likeness (QED) is 0.417. The van der Waals surface area contributed by atoms with Crippen LogP contribution in [-0.2, 0) is 47.7 Å². The lowest BCUT2D eigenvalue weighted by molar-refractivity contribution is -0.182. The van der Waals surface area contributed by atoms with Gasteiger partial charge in [0.1, 0.15) is 0 Å². The smallest absolute Gasteiger partial charge is 0.347 e. The van der Waals surface area contributed by atoms with Crippen LogP contribution in [0.2, 0.25) is 0 Å². The van der Waals surface area contributed by atoms with E-state index < -0.39 is 60.4 Å². The first-order valence-corrected chi connectivity index (χ1v) is 7.55. The van der Waals surface area contributed by atoms with Gasteiger partial charge in [0.2, 0.25) is 0 Å². The second-order valence-electron chi connectivity index (χ2n) is 5.40. The van der Waals surface area contributed by atoms with Crippen LogP contribution in [0.1, 0.15) is 34.6 Å². The summed E-state index contributed by atoms with van der Waals surface area (Å²) in [5.41, 5.74) is 0. The molecule has 0 aromatic heterocycles. The number of ether oxygens (including phenoxy) is 5.